The Bertz CT molecular complexity index is 2000. The maximum absolute atomic E-state index is 14.7. The van der Waals surface area contributed by atoms with E-state index in [-0.39, 0.29) is 29.6 Å². The van der Waals surface area contributed by atoms with Crippen molar-refractivity contribution in [1.82, 2.24) is 19.7 Å². The van der Waals surface area contributed by atoms with Crippen LogP contribution in [0.1, 0.15) is 25.5 Å². The lowest BCUT2D eigenvalue weighted by atomic mass is 10.1. The number of rotatable bonds is 15. The molecule has 0 saturated heterocycles. The molecule has 0 aliphatic carbocycles. The predicted molar refractivity (Wildman–Crippen MR) is 187 cm³/mol. The fourth-order valence-corrected chi connectivity index (χ4v) is 8.66. The van der Waals surface area contributed by atoms with E-state index in [1.165, 1.54) is 25.7 Å². The molecule has 0 spiro atoms. The zero-order valence-electron chi connectivity index (χ0n) is 28.7. The number of nitrogens with zero attached hydrogens (tertiary/aromatic N) is 5. The largest absolute Gasteiger partial charge is 0.494 e. The van der Waals surface area contributed by atoms with Gasteiger partial charge in [-0.25, -0.2) is 30.5 Å². The summed E-state index contributed by atoms with van der Waals surface area (Å²) in [6.07, 6.45) is -1.01. The summed E-state index contributed by atoms with van der Waals surface area (Å²) in [5.74, 6) is 0.0607. The van der Waals surface area contributed by atoms with Gasteiger partial charge in [0.2, 0.25) is 21.9 Å². The molecule has 1 N–H and O–H groups in total. The summed E-state index contributed by atoms with van der Waals surface area (Å²) < 4.78 is 88.4. The number of sulfonamides is 1. The number of methoxy groups -OCH3 is 2. The maximum Gasteiger partial charge on any atom is 0.246 e. The molecule has 2 aromatic heterocycles. The number of aliphatic hydroxyl groups excluding tert-OH is 1. The summed E-state index contributed by atoms with van der Waals surface area (Å²) in [5.41, 5.74) is 0.332. The molecule has 2 heterocycles. The quantitative estimate of drug-likeness (QED) is 0.166. The van der Waals surface area contributed by atoms with Crippen LogP contribution in [-0.2, 0) is 19.9 Å². The molecule has 0 saturated carbocycles. The molecule has 4 rings (SSSR count). The molecule has 0 aliphatic rings. The number of aliphatic hydroxyl groups is 1. The molecule has 4 aromatic rings. The topological polar surface area (TPSA) is 163 Å². The van der Waals surface area contributed by atoms with E-state index in [1.807, 2.05) is 6.92 Å². The smallest absolute Gasteiger partial charge is 0.246 e. The van der Waals surface area contributed by atoms with Crippen LogP contribution in [0.5, 0.6) is 17.4 Å². The molecule has 2 aromatic carbocycles. The van der Waals surface area contributed by atoms with Gasteiger partial charge >= 0.3 is 0 Å². The van der Waals surface area contributed by atoms with Gasteiger partial charge in [-0.3, -0.25) is 4.57 Å². The van der Waals surface area contributed by atoms with Gasteiger partial charge < -0.3 is 19.3 Å². The van der Waals surface area contributed by atoms with Crippen LogP contribution in [0, 0.1) is 5.82 Å². The van der Waals surface area contributed by atoms with Crippen LogP contribution in [0.25, 0.3) is 17.2 Å². The highest BCUT2D eigenvalue weighted by Crippen LogP contribution is 2.40. The highest BCUT2D eigenvalue weighted by atomic mass is 32.2. The standard InChI is InChI=1S/C32H42FN5O8S2Si/c1-9-46-28-15-10-12-24(34-28)31-35-36-32(38(31)29-25(44-3)13-11-14-26(29)45-4)37(18-19-49(6,7)8)48(42,43)21(2)30(39)23-17-16-22(33)20-27(23)47(5,40)41/h10-17,20-21,30,39H,9,18-19H2,1-8H3. The van der Waals surface area contributed by atoms with E-state index in [4.69, 9.17) is 14.2 Å². The van der Waals surface area contributed by atoms with Gasteiger partial charge in [-0.1, -0.05) is 37.8 Å². The average Bonchev–Trinajstić information content (AvgIpc) is 3.47. The molecular weight excluding hydrogens is 694 g/mol. The Morgan fingerprint density at radius 3 is 2.18 bits per heavy atom. The minimum atomic E-state index is -4.58. The van der Waals surface area contributed by atoms with Gasteiger partial charge in [0, 0.05) is 32.5 Å². The minimum Gasteiger partial charge on any atom is -0.494 e. The van der Waals surface area contributed by atoms with Crippen molar-refractivity contribution >= 4 is 33.9 Å². The van der Waals surface area contributed by atoms with Crippen LogP contribution in [0.2, 0.25) is 25.7 Å². The maximum atomic E-state index is 14.7. The lowest BCUT2D eigenvalue weighted by Crippen LogP contribution is -2.44. The average molecular weight is 736 g/mol. The lowest BCUT2D eigenvalue weighted by Gasteiger charge is -2.31. The monoisotopic (exact) mass is 735 g/mol. The number of aromatic nitrogens is 4. The first kappa shape index (κ1) is 37.8. The second kappa shape index (κ2) is 14.8. The fraction of sp³-hybridized carbons (Fsp3) is 0.406. The molecule has 49 heavy (non-hydrogen) atoms. The Balaban J connectivity index is 2.02. The van der Waals surface area contributed by atoms with E-state index in [0.29, 0.717) is 35.7 Å². The number of para-hydroxylation sites is 1. The van der Waals surface area contributed by atoms with Crippen molar-refractivity contribution < 1.29 is 40.5 Å². The fourth-order valence-electron chi connectivity index (χ4n) is 5.10. The van der Waals surface area contributed by atoms with Crippen LogP contribution < -0.4 is 18.5 Å². The Morgan fingerprint density at radius 1 is 0.980 bits per heavy atom. The molecule has 0 radical (unpaired) electrons. The summed E-state index contributed by atoms with van der Waals surface area (Å²) in [7, 11) is -7.65. The van der Waals surface area contributed by atoms with E-state index in [2.05, 4.69) is 34.8 Å². The van der Waals surface area contributed by atoms with E-state index in [0.717, 1.165) is 28.8 Å². The third kappa shape index (κ3) is 8.22. The van der Waals surface area contributed by atoms with Gasteiger partial charge in [0.25, 0.3) is 0 Å². The van der Waals surface area contributed by atoms with Crippen molar-refractivity contribution in [3.05, 3.63) is 66.0 Å². The Morgan fingerprint density at radius 2 is 1.61 bits per heavy atom. The summed E-state index contributed by atoms with van der Waals surface area (Å²) >= 11 is 0. The number of ether oxygens (including phenoxy) is 3. The first-order valence-electron chi connectivity index (χ1n) is 15.4. The van der Waals surface area contributed by atoms with E-state index >= 15 is 0 Å². The number of halogens is 1. The van der Waals surface area contributed by atoms with E-state index in [9.17, 15) is 26.3 Å². The number of pyridine rings is 1. The Labute approximate surface area is 287 Å². The van der Waals surface area contributed by atoms with E-state index < -0.39 is 50.0 Å². The summed E-state index contributed by atoms with van der Waals surface area (Å²) in [5, 5.41) is 18.7. The van der Waals surface area contributed by atoms with Crippen LogP contribution in [0.4, 0.5) is 10.3 Å². The van der Waals surface area contributed by atoms with E-state index in [1.54, 1.807) is 36.4 Å². The minimum absolute atomic E-state index is 0.0561. The first-order valence-corrected chi connectivity index (χ1v) is 22.5. The van der Waals surface area contributed by atoms with Gasteiger partial charge in [-0.2, -0.15) is 0 Å². The summed E-state index contributed by atoms with van der Waals surface area (Å²) in [6, 6.07) is 13.4. The SMILES string of the molecule is CCOc1cccc(-c2nnc(N(CC[Si](C)(C)C)S(=O)(=O)C(C)C(O)c3ccc(F)cc3S(C)(=O)=O)n2-c2c(OC)cccc2OC)n1. The normalized spacial score (nSPS) is 13.5. The Kier molecular flexibility index (Phi) is 11.4. The van der Waals surface area contributed by atoms with Crippen LogP contribution in [0.15, 0.2) is 59.5 Å². The molecule has 13 nitrogen and oxygen atoms in total. The van der Waals surface area contributed by atoms with Gasteiger partial charge in [0.05, 0.1) is 31.8 Å². The molecule has 0 bridgehead atoms. The molecule has 2 atom stereocenters. The zero-order valence-corrected chi connectivity index (χ0v) is 31.3. The van der Waals surface area contributed by atoms with Crippen LogP contribution in [-0.4, -0.2) is 88.6 Å². The van der Waals surface area contributed by atoms with Gasteiger partial charge in [0.1, 0.15) is 33.9 Å². The van der Waals surface area contributed by atoms with Gasteiger partial charge in [-0.15, -0.1) is 10.2 Å². The third-order valence-electron chi connectivity index (χ3n) is 7.72. The number of anilines is 1. The van der Waals surface area contributed by atoms with Gasteiger partial charge in [-0.05, 0) is 50.2 Å². The van der Waals surface area contributed by atoms with Crippen molar-refractivity contribution in [2.24, 2.45) is 0 Å². The second-order valence-corrected chi connectivity index (χ2v) is 22.3. The number of hydrogen-bond donors (Lipinski definition) is 1. The highest BCUT2D eigenvalue weighted by molar-refractivity contribution is 7.93. The molecule has 0 aliphatic heterocycles. The van der Waals surface area contributed by atoms with Gasteiger partial charge in [0.15, 0.2) is 15.7 Å². The molecular formula is C32H42FN5O8S2Si. The van der Waals surface area contributed by atoms with Crippen LogP contribution >= 0.6 is 0 Å². The first-order chi connectivity index (χ1) is 22.9. The number of hydrogen-bond acceptors (Lipinski definition) is 11. The predicted octanol–water partition coefficient (Wildman–Crippen LogP) is 4.88. The summed E-state index contributed by atoms with van der Waals surface area (Å²) in [6.45, 7) is 9.61. The van der Waals surface area contributed by atoms with Crippen LogP contribution in [0.3, 0.4) is 0 Å². The molecule has 0 amide bonds. The van der Waals surface area contributed by atoms with Crippen molar-refractivity contribution in [3.8, 4) is 34.6 Å². The Hall–Kier alpha value is -4.06. The summed E-state index contributed by atoms with van der Waals surface area (Å²) in [4.78, 5) is 4.06. The number of sulfone groups is 1. The molecule has 17 heteroatoms. The third-order valence-corrected chi connectivity index (χ3v) is 12.8. The van der Waals surface area contributed by atoms with Crippen molar-refractivity contribution in [3.63, 3.8) is 0 Å². The van der Waals surface area contributed by atoms with Crippen molar-refractivity contribution in [2.45, 2.75) is 55.8 Å². The highest BCUT2D eigenvalue weighted by Gasteiger charge is 2.40. The number of benzene rings is 2. The molecule has 2 unspecified atom stereocenters. The lowest BCUT2D eigenvalue weighted by molar-refractivity contribution is 0.172. The molecule has 0 fully saturated rings. The second-order valence-electron chi connectivity index (χ2n) is 12.5. The zero-order chi connectivity index (χ0) is 36.3. The molecule has 266 valence electrons. The van der Waals surface area contributed by atoms with Crippen molar-refractivity contribution in [2.75, 3.05) is 37.9 Å². The van der Waals surface area contributed by atoms with Crippen molar-refractivity contribution in [1.29, 1.82) is 0 Å².